The standard InChI is InChI=1S/C19H15BrN2/c20-14-9-10-18-13(11-14)12-16-17(21)7-4-8-19(16)22(18)15-5-2-1-3-6-15/h1-11H,12,21H2. The van der Waals surface area contributed by atoms with Crippen LogP contribution in [-0.2, 0) is 6.42 Å². The summed E-state index contributed by atoms with van der Waals surface area (Å²) in [5.41, 5.74) is 13.1. The summed E-state index contributed by atoms with van der Waals surface area (Å²) in [6.45, 7) is 0. The van der Waals surface area contributed by atoms with Gasteiger partial charge in [-0.25, -0.2) is 0 Å². The second-order valence-electron chi connectivity index (χ2n) is 5.47. The predicted octanol–water partition coefficient (Wildman–Crippen LogP) is 5.41. The molecule has 1 aliphatic rings. The van der Waals surface area contributed by atoms with Crippen LogP contribution in [0.1, 0.15) is 11.1 Å². The normalized spacial score (nSPS) is 12.7. The summed E-state index contributed by atoms with van der Waals surface area (Å²) in [6.07, 6.45) is 0.861. The first-order valence-electron chi connectivity index (χ1n) is 7.25. The highest BCUT2D eigenvalue weighted by atomic mass is 79.9. The molecule has 3 aromatic rings. The summed E-state index contributed by atoms with van der Waals surface area (Å²) in [5, 5.41) is 0. The van der Waals surface area contributed by atoms with Crippen LogP contribution in [0.15, 0.2) is 71.2 Å². The molecule has 3 aromatic carbocycles. The molecule has 22 heavy (non-hydrogen) atoms. The molecule has 0 spiro atoms. The predicted molar refractivity (Wildman–Crippen MR) is 96.0 cm³/mol. The van der Waals surface area contributed by atoms with Crippen molar-refractivity contribution in [1.29, 1.82) is 0 Å². The van der Waals surface area contributed by atoms with E-state index in [1.807, 2.05) is 18.2 Å². The molecule has 0 amide bonds. The van der Waals surface area contributed by atoms with Crippen molar-refractivity contribution in [3.63, 3.8) is 0 Å². The number of benzene rings is 3. The quantitative estimate of drug-likeness (QED) is 0.465. The highest BCUT2D eigenvalue weighted by Crippen LogP contribution is 2.45. The third-order valence-corrected chi connectivity index (χ3v) is 4.59. The van der Waals surface area contributed by atoms with E-state index in [9.17, 15) is 0 Å². The van der Waals surface area contributed by atoms with Gasteiger partial charge in [0.1, 0.15) is 0 Å². The average molecular weight is 351 g/mol. The Morgan fingerprint density at radius 1 is 0.864 bits per heavy atom. The van der Waals surface area contributed by atoms with E-state index in [2.05, 4.69) is 69.4 Å². The van der Waals surface area contributed by atoms with Crippen molar-refractivity contribution < 1.29 is 0 Å². The number of halogens is 1. The number of para-hydroxylation sites is 1. The Morgan fingerprint density at radius 2 is 1.68 bits per heavy atom. The molecule has 0 aromatic heterocycles. The molecule has 0 saturated carbocycles. The third kappa shape index (κ3) is 2.09. The van der Waals surface area contributed by atoms with E-state index in [-0.39, 0.29) is 0 Å². The van der Waals surface area contributed by atoms with Gasteiger partial charge in [-0.1, -0.05) is 40.2 Å². The highest BCUT2D eigenvalue weighted by molar-refractivity contribution is 9.10. The van der Waals surface area contributed by atoms with Gasteiger partial charge in [0.05, 0.1) is 5.69 Å². The first-order chi connectivity index (χ1) is 10.7. The van der Waals surface area contributed by atoms with E-state index in [4.69, 9.17) is 5.73 Å². The zero-order valence-electron chi connectivity index (χ0n) is 12.0. The number of hydrogen-bond donors (Lipinski definition) is 1. The van der Waals surface area contributed by atoms with E-state index in [0.717, 1.165) is 22.3 Å². The minimum Gasteiger partial charge on any atom is -0.398 e. The molecule has 3 heteroatoms. The van der Waals surface area contributed by atoms with Crippen LogP contribution >= 0.6 is 15.9 Å². The molecule has 0 fully saturated rings. The lowest BCUT2D eigenvalue weighted by molar-refractivity contribution is 1.09. The van der Waals surface area contributed by atoms with Gasteiger partial charge in [0.25, 0.3) is 0 Å². The number of rotatable bonds is 1. The second-order valence-corrected chi connectivity index (χ2v) is 6.38. The molecular formula is C19H15BrN2. The highest BCUT2D eigenvalue weighted by Gasteiger charge is 2.25. The lowest BCUT2D eigenvalue weighted by Gasteiger charge is -2.34. The zero-order chi connectivity index (χ0) is 15.1. The fraction of sp³-hybridized carbons (Fsp3) is 0.0526. The van der Waals surface area contributed by atoms with E-state index in [0.29, 0.717) is 0 Å². The topological polar surface area (TPSA) is 29.3 Å². The molecule has 0 atom stereocenters. The Labute approximate surface area is 138 Å². The van der Waals surface area contributed by atoms with Crippen LogP contribution in [0, 0.1) is 0 Å². The van der Waals surface area contributed by atoms with Gasteiger partial charge in [-0.3, -0.25) is 0 Å². The second kappa shape index (κ2) is 5.18. The van der Waals surface area contributed by atoms with Gasteiger partial charge in [0.2, 0.25) is 0 Å². The first kappa shape index (κ1) is 13.4. The monoisotopic (exact) mass is 350 g/mol. The largest absolute Gasteiger partial charge is 0.398 e. The maximum atomic E-state index is 6.24. The zero-order valence-corrected chi connectivity index (χ0v) is 13.5. The Kier molecular flexibility index (Phi) is 3.16. The minimum atomic E-state index is 0.851. The molecule has 0 radical (unpaired) electrons. The van der Waals surface area contributed by atoms with Crippen molar-refractivity contribution in [3.05, 3.63) is 82.3 Å². The molecule has 4 rings (SSSR count). The number of hydrogen-bond acceptors (Lipinski definition) is 2. The van der Waals surface area contributed by atoms with Gasteiger partial charge in [-0.2, -0.15) is 0 Å². The van der Waals surface area contributed by atoms with Gasteiger partial charge in [-0.15, -0.1) is 0 Å². The van der Waals surface area contributed by atoms with Crippen LogP contribution in [0.3, 0.4) is 0 Å². The summed E-state index contributed by atoms with van der Waals surface area (Å²) in [4.78, 5) is 2.29. The fourth-order valence-electron chi connectivity index (χ4n) is 3.08. The van der Waals surface area contributed by atoms with Crippen molar-refractivity contribution in [1.82, 2.24) is 0 Å². The molecule has 0 aliphatic carbocycles. The average Bonchev–Trinajstić information content (AvgIpc) is 2.54. The molecule has 108 valence electrons. The summed E-state index contributed by atoms with van der Waals surface area (Å²) in [7, 11) is 0. The number of nitrogen functional groups attached to an aromatic ring is 1. The molecule has 1 aliphatic heterocycles. The Balaban J connectivity index is 2.00. The van der Waals surface area contributed by atoms with Crippen LogP contribution in [0.25, 0.3) is 0 Å². The summed E-state index contributed by atoms with van der Waals surface area (Å²) >= 11 is 3.58. The van der Waals surface area contributed by atoms with Crippen molar-refractivity contribution >= 4 is 38.7 Å². The summed E-state index contributed by atoms with van der Waals surface area (Å²) in [5.74, 6) is 0. The number of fused-ring (bicyclic) bond motifs is 2. The summed E-state index contributed by atoms with van der Waals surface area (Å²) < 4.78 is 1.09. The lowest BCUT2D eigenvalue weighted by atomic mass is 9.94. The Bertz CT molecular complexity index is 843. The van der Waals surface area contributed by atoms with Crippen LogP contribution < -0.4 is 10.6 Å². The van der Waals surface area contributed by atoms with E-state index < -0.39 is 0 Å². The molecule has 0 unspecified atom stereocenters. The first-order valence-corrected chi connectivity index (χ1v) is 8.04. The van der Waals surface area contributed by atoms with Gasteiger partial charge in [0.15, 0.2) is 0 Å². The van der Waals surface area contributed by atoms with Crippen LogP contribution in [0.5, 0.6) is 0 Å². The molecular weight excluding hydrogens is 336 g/mol. The SMILES string of the molecule is Nc1cccc2c1Cc1cc(Br)ccc1N2c1ccccc1. The van der Waals surface area contributed by atoms with Crippen LogP contribution in [0.4, 0.5) is 22.7 Å². The van der Waals surface area contributed by atoms with Gasteiger partial charge >= 0.3 is 0 Å². The molecule has 1 heterocycles. The fourth-order valence-corrected chi connectivity index (χ4v) is 3.49. The number of nitrogens with two attached hydrogens (primary N) is 1. The number of nitrogens with zero attached hydrogens (tertiary/aromatic N) is 1. The van der Waals surface area contributed by atoms with Crippen molar-refractivity contribution in [3.8, 4) is 0 Å². The molecule has 2 nitrogen and oxygen atoms in total. The molecule has 0 bridgehead atoms. The van der Waals surface area contributed by atoms with Gasteiger partial charge < -0.3 is 10.6 Å². The molecule has 0 saturated heterocycles. The summed E-state index contributed by atoms with van der Waals surface area (Å²) in [6, 6.07) is 23.0. The van der Waals surface area contributed by atoms with Crippen molar-refractivity contribution in [2.45, 2.75) is 6.42 Å². The third-order valence-electron chi connectivity index (χ3n) is 4.09. The maximum Gasteiger partial charge on any atom is 0.0517 e. The minimum absolute atomic E-state index is 0.851. The lowest BCUT2D eigenvalue weighted by Crippen LogP contribution is -2.19. The van der Waals surface area contributed by atoms with E-state index >= 15 is 0 Å². The van der Waals surface area contributed by atoms with Crippen LogP contribution in [0.2, 0.25) is 0 Å². The van der Waals surface area contributed by atoms with Gasteiger partial charge in [-0.05, 0) is 48.0 Å². The smallest absolute Gasteiger partial charge is 0.0517 e. The van der Waals surface area contributed by atoms with Crippen molar-refractivity contribution in [2.24, 2.45) is 0 Å². The maximum absolute atomic E-state index is 6.24. The van der Waals surface area contributed by atoms with E-state index in [1.165, 1.54) is 22.5 Å². The van der Waals surface area contributed by atoms with Crippen LogP contribution in [-0.4, -0.2) is 0 Å². The molecule has 2 N–H and O–H groups in total. The van der Waals surface area contributed by atoms with E-state index in [1.54, 1.807) is 0 Å². The van der Waals surface area contributed by atoms with Crippen molar-refractivity contribution in [2.75, 3.05) is 10.6 Å². The number of anilines is 4. The van der Waals surface area contributed by atoms with Gasteiger partial charge in [0, 0.05) is 33.5 Å². The Morgan fingerprint density at radius 3 is 2.50 bits per heavy atom. The Hall–Kier alpha value is -2.26.